The molecule has 0 aliphatic heterocycles. The minimum Gasteiger partial charge on any atom is -0.497 e. The zero-order valence-electron chi connectivity index (χ0n) is 10.5. The summed E-state index contributed by atoms with van der Waals surface area (Å²) in [6.45, 7) is 0.518. The fourth-order valence-corrected chi connectivity index (χ4v) is 1.88. The smallest absolute Gasteiger partial charge is 0.127 e. The first kappa shape index (κ1) is 12.6. The predicted molar refractivity (Wildman–Crippen MR) is 71.2 cm³/mol. The molecule has 1 N–H and O–H groups in total. The lowest BCUT2D eigenvalue weighted by Gasteiger charge is -2.08. The van der Waals surface area contributed by atoms with Crippen LogP contribution < -0.4 is 10.1 Å². The molecule has 2 nitrogen and oxygen atoms in total. The lowest BCUT2D eigenvalue weighted by atomic mass is 10.0. The van der Waals surface area contributed by atoms with Gasteiger partial charge in [0.15, 0.2) is 0 Å². The van der Waals surface area contributed by atoms with Crippen LogP contribution in [-0.4, -0.2) is 14.2 Å². The van der Waals surface area contributed by atoms with Gasteiger partial charge in [-0.25, -0.2) is 4.39 Å². The van der Waals surface area contributed by atoms with Gasteiger partial charge in [-0.1, -0.05) is 18.2 Å². The van der Waals surface area contributed by atoms with E-state index in [-0.39, 0.29) is 5.82 Å². The van der Waals surface area contributed by atoms with Crippen molar-refractivity contribution < 1.29 is 9.13 Å². The molecule has 2 aromatic carbocycles. The highest BCUT2D eigenvalue weighted by Gasteiger charge is 2.05. The van der Waals surface area contributed by atoms with Crippen LogP contribution in [0, 0.1) is 5.82 Å². The van der Waals surface area contributed by atoms with Crippen LogP contribution in [0.3, 0.4) is 0 Å². The monoisotopic (exact) mass is 245 g/mol. The summed E-state index contributed by atoms with van der Waals surface area (Å²) in [6, 6.07) is 12.9. The Kier molecular flexibility index (Phi) is 3.95. The summed E-state index contributed by atoms with van der Waals surface area (Å²) < 4.78 is 18.7. The summed E-state index contributed by atoms with van der Waals surface area (Å²) in [7, 11) is 3.44. The Morgan fingerprint density at radius 3 is 2.61 bits per heavy atom. The van der Waals surface area contributed by atoms with Crippen LogP contribution >= 0.6 is 0 Å². The minimum absolute atomic E-state index is 0.184. The van der Waals surface area contributed by atoms with Gasteiger partial charge in [0, 0.05) is 12.1 Å². The molecule has 0 aliphatic rings. The molecule has 94 valence electrons. The molecule has 0 fully saturated rings. The number of rotatable bonds is 4. The van der Waals surface area contributed by atoms with E-state index in [1.165, 1.54) is 6.07 Å². The Hall–Kier alpha value is -1.87. The van der Waals surface area contributed by atoms with E-state index in [0.29, 0.717) is 12.1 Å². The molecule has 2 rings (SSSR count). The summed E-state index contributed by atoms with van der Waals surface area (Å²) in [5.41, 5.74) is 2.67. The molecule has 0 spiro atoms. The van der Waals surface area contributed by atoms with Gasteiger partial charge >= 0.3 is 0 Å². The van der Waals surface area contributed by atoms with Crippen molar-refractivity contribution >= 4 is 0 Å². The molecule has 2 aromatic rings. The van der Waals surface area contributed by atoms with E-state index in [2.05, 4.69) is 5.32 Å². The second-order valence-corrected chi connectivity index (χ2v) is 4.07. The Bertz CT molecular complexity index is 540. The first-order chi connectivity index (χ1) is 8.74. The topological polar surface area (TPSA) is 21.3 Å². The Balaban J connectivity index is 2.40. The maximum Gasteiger partial charge on any atom is 0.127 e. The zero-order chi connectivity index (χ0) is 13.0. The number of hydrogen-bond donors (Lipinski definition) is 1. The fourth-order valence-electron chi connectivity index (χ4n) is 1.88. The lowest BCUT2D eigenvalue weighted by Crippen LogP contribution is -2.07. The average Bonchev–Trinajstić information content (AvgIpc) is 2.41. The van der Waals surface area contributed by atoms with Crippen molar-refractivity contribution in [2.75, 3.05) is 14.2 Å². The quantitative estimate of drug-likeness (QED) is 0.893. The third kappa shape index (κ3) is 2.68. The fraction of sp³-hybridized carbons (Fsp3) is 0.200. The Morgan fingerprint density at radius 1 is 1.11 bits per heavy atom. The van der Waals surface area contributed by atoms with Gasteiger partial charge in [-0.2, -0.15) is 0 Å². The van der Waals surface area contributed by atoms with Gasteiger partial charge in [0.2, 0.25) is 0 Å². The second-order valence-electron chi connectivity index (χ2n) is 4.07. The first-order valence-electron chi connectivity index (χ1n) is 5.82. The maximum absolute atomic E-state index is 13.6. The number of ether oxygens (including phenoxy) is 1. The third-order valence-corrected chi connectivity index (χ3v) is 2.82. The van der Waals surface area contributed by atoms with Gasteiger partial charge in [-0.05, 0) is 42.4 Å². The molecule has 0 unspecified atom stereocenters. The van der Waals surface area contributed by atoms with E-state index >= 15 is 0 Å². The average molecular weight is 245 g/mol. The van der Waals surface area contributed by atoms with E-state index < -0.39 is 0 Å². The van der Waals surface area contributed by atoms with E-state index in [4.69, 9.17) is 4.74 Å². The number of benzene rings is 2. The minimum atomic E-state index is -0.184. The van der Waals surface area contributed by atoms with Gasteiger partial charge in [0.1, 0.15) is 11.6 Å². The van der Waals surface area contributed by atoms with Crippen molar-refractivity contribution in [2.45, 2.75) is 6.54 Å². The second kappa shape index (κ2) is 5.65. The molecular weight excluding hydrogens is 229 g/mol. The van der Waals surface area contributed by atoms with Crippen molar-refractivity contribution in [3.8, 4) is 16.9 Å². The van der Waals surface area contributed by atoms with Gasteiger partial charge in [-0.3, -0.25) is 0 Å². The summed E-state index contributed by atoms with van der Waals surface area (Å²) in [5, 5.41) is 2.96. The van der Waals surface area contributed by atoms with Crippen molar-refractivity contribution in [2.24, 2.45) is 0 Å². The van der Waals surface area contributed by atoms with Crippen LogP contribution in [0.1, 0.15) is 5.56 Å². The third-order valence-electron chi connectivity index (χ3n) is 2.82. The van der Waals surface area contributed by atoms with Crippen LogP contribution in [0.5, 0.6) is 5.75 Å². The van der Waals surface area contributed by atoms with Crippen LogP contribution in [-0.2, 0) is 6.54 Å². The molecular formula is C15H16FNO. The molecule has 0 aliphatic carbocycles. The van der Waals surface area contributed by atoms with Crippen molar-refractivity contribution in [3.63, 3.8) is 0 Å². The van der Waals surface area contributed by atoms with E-state index in [0.717, 1.165) is 16.9 Å². The van der Waals surface area contributed by atoms with E-state index in [9.17, 15) is 4.39 Å². The first-order valence-corrected chi connectivity index (χ1v) is 5.82. The Labute approximate surface area is 106 Å². The van der Waals surface area contributed by atoms with E-state index in [1.54, 1.807) is 20.2 Å². The number of methoxy groups -OCH3 is 1. The molecule has 0 saturated carbocycles. The molecule has 0 heterocycles. The predicted octanol–water partition coefficient (Wildman–Crippen LogP) is 3.22. The summed E-state index contributed by atoms with van der Waals surface area (Å²) in [6.07, 6.45) is 0. The molecule has 0 saturated heterocycles. The maximum atomic E-state index is 13.6. The highest BCUT2D eigenvalue weighted by Crippen LogP contribution is 2.25. The SMILES string of the molecule is CNCc1cc(-c2cccc(OC)c2)ccc1F. The zero-order valence-corrected chi connectivity index (χ0v) is 10.5. The largest absolute Gasteiger partial charge is 0.497 e. The lowest BCUT2D eigenvalue weighted by molar-refractivity contribution is 0.415. The molecule has 3 heteroatoms. The van der Waals surface area contributed by atoms with Crippen LogP contribution in [0.4, 0.5) is 4.39 Å². The molecule has 0 radical (unpaired) electrons. The van der Waals surface area contributed by atoms with E-state index in [1.807, 2.05) is 30.3 Å². The number of hydrogen-bond acceptors (Lipinski definition) is 2. The van der Waals surface area contributed by atoms with Gasteiger partial charge in [-0.15, -0.1) is 0 Å². The molecule has 0 bridgehead atoms. The molecule has 0 amide bonds. The highest BCUT2D eigenvalue weighted by molar-refractivity contribution is 5.65. The number of nitrogens with one attached hydrogen (secondary N) is 1. The van der Waals surface area contributed by atoms with Gasteiger partial charge in [0.05, 0.1) is 7.11 Å². The van der Waals surface area contributed by atoms with Crippen LogP contribution in [0.25, 0.3) is 11.1 Å². The molecule has 0 aromatic heterocycles. The van der Waals surface area contributed by atoms with Gasteiger partial charge < -0.3 is 10.1 Å². The van der Waals surface area contributed by atoms with Gasteiger partial charge in [0.25, 0.3) is 0 Å². The standard InChI is InChI=1S/C15H16FNO/c1-17-10-13-8-12(6-7-15(13)16)11-4-3-5-14(9-11)18-2/h3-9,17H,10H2,1-2H3. The van der Waals surface area contributed by atoms with Crippen LogP contribution in [0.2, 0.25) is 0 Å². The number of halogens is 1. The highest BCUT2D eigenvalue weighted by atomic mass is 19.1. The summed E-state index contributed by atoms with van der Waals surface area (Å²) in [4.78, 5) is 0. The van der Waals surface area contributed by atoms with Crippen molar-refractivity contribution in [1.82, 2.24) is 5.32 Å². The summed E-state index contributed by atoms with van der Waals surface area (Å²) in [5.74, 6) is 0.614. The normalized spacial score (nSPS) is 10.4. The van der Waals surface area contributed by atoms with Crippen molar-refractivity contribution in [3.05, 3.63) is 53.8 Å². The van der Waals surface area contributed by atoms with Crippen LogP contribution in [0.15, 0.2) is 42.5 Å². The molecule has 0 atom stereocenters. The summed E-state index contributed by atoms with van der Waals surface area (Å²) >= 11 is 0. The molecule has 18 heavy (non-hydrogen) atoms. The van der Waals surface area contributed by atoms with Crippen molar-refractivity contribution in [1.29, 1.82) is 0 Å². The Morgan fingerprint density at radius 2 is 1.89 bits per heavy atom.